The highest BCUT2D eigenvalue weighted by Crippen LogP contribution is 2.42. The molecule has 8 heteroatoms. The van der Waals surface area contributed by atoms with E-state index in [1.54, 1.807) is 49.8 Å². The molecule has 2 heterocycles. The van der Waals surface area contributed by atoms with Crippen LogP contribution in [0.2, 0.25) is 0 Å². The molecular formula is C25H27N3O4S. The summed E-state index contributed by atoms with van der Waals surface area (Å²) in [5, 5.41) is 7.74. The standard InChI is InChI=1S/C25H27N3O4S/c1-16(29)26-18-6-8-19(9-7-18)27-24(30)15-28-11-10-17-13-21(31-2)22(32-3)14-20(17)25(28)23-5-4-12-33-23/h4-9,12-14,25H,10-11,15H2,1-3H3,(H,26,29)(H,27,30)/t25-/m1/s1. The fraction of sp³-hybridized carbons (Fsp3) is 0.280. The molecule has 0 bridgehead atoms. The molecule has 33 heavy (non-hydrogen) atoms. The molecule has 1 aliphatic heterocycles. The number of fused-ring (bicyclic) bond motifs is 1. The van der Waals surface area contributed by atoms with Crippen LogP contribution in [0.4, 0.5) is 11.4 Å². The highest BCUT2D eigenvalue weighted by molar-refractivity contribution is 7.10. The summed E-state index contributed by atoms with van der Waals surface area (Å²) in [6, 6.07) is 15.3. The van der Waals surface area contributed by atoms with Crippen LogP contribution >= 0.6 is 11.3 Å². The van der Waals surface area contributed by atoms with Gasteiger partial charge in [-0.1, -0.05) is 6.07 Å². The number of amides is 2. The van der Waals surface area contributed by atoms with E-state index in [0.717, 1.165) is 24.3 Å². The molecule has 172 valence electrons. The number of thiophene rings is 1. The Balaban J connectivity index is 1.55. The van der Waals surface area contributed by atoms with Gasteiger partial charge in [0, 0.05) is 29.7 Å². The monoisotopic (exact) mass is 465 g/mol. The summed E-state index contributed by atoms with van der Waals surface area (Å²) < 4.78 is 11.0. The zero-order valence-corrected chi connectivity index (χ0v) is 19.7. The van der Waals surface area contributed by atoms with Gasteiger partial charge in [0.2, 0.25) is 11.8 Å². The summed E-state index contributed by atoms with van der Waals surface area (Å²) >= 11 is 1.68. The van der Waals surface area contributed by atoms with Crippen LogP contribution < -0.4 is 20.1 Å². The van der Waals surface area contributed by atoms with Crippen molar-refractivity contribution in [3.05, 3.63) is 69.9 Å². The summed E-state index contributed by atoms with van der Waals surface area (Å²) in [6.45, 7) is 2.46. The first-order valence-corrected chi connectivity index (χ1v) is 11.6. The molecule has 1 atom stereocenters. The average Bonchev–Trinajstić information content (AvgIpc) is 3.33. The Morgan fingerprint density at radius 1 is 1.03 bits per heavy atom. The molecule has 0 unspecified atom stereocenters. The molecule has 7 nitrogen and oxygen atoms in total. The number of nitrogens with one attached hydrogen (secondary N) is 2. The Bertz CT molecular complexity index is 1130. The van der Waals surface area contributed by atoms with Crippen molar-refractivity contribution >= 4 is 34.5 Å². The van der Waals surface area contributed by atoms with Gasteiger partial charge in [-0.2, -0.15) is 0 Å². The van der Waals surface area contributed by atoms with E-state index in [9.17, 15) is 9.59 Å². The normalized spacial score (nSPS) is 15.4. The first-order valence-electron chi connectivity index (χ1n) is 10.7. The topological polar surface area (TPSA) is 79.9 Å². The number of hydrogen-bond donors (Lipinski definition) is 2. The molecule has 0 aliphatic carbocycles. The molecule has 4 rings (SSSR count). The Morgan fingerprint density at radius 3 is 2.30 bits per heavy atom. The molecule has 2 N–H and O–H groups in total. The van der Waals surface area contributed by atoms with E-state index < -0.39 is 0 Å². The first kappa shape index (κ1) is 22.8. The van der Waals surface area contributed by atoms with Crippen LogP contribution in [0.1, 0.15) is 29.0 Å². The number of carbonyl (C=O) groups is 2. The zero-order chi connectivity index (χ0) is 23.4. The van der Waals surface area contributed by atoms with Crippen LogP contribution in [0.25, 0.3) is 0 Å². The number of anilines is 2. The fourth-order valence-electron chi connectivity index (χ4n) is 4.17. The van der Waals surface area contributed by atoms with E-state index >= 15 is 0 Å². The summed E-state index contributed by atoms with van der Waals surface area (Å²) in [6.07, 6.45) is 0.816. The van der Waals surface area contributed by atoms with Crippen molar-refractivity contribution in [2.45, 2.75) is 19.4 Å². The molecule has 2 aromatic carbocycles. The Labute approximate surface area is 197 Å². The quantitative estimate of drug-likeness (QED) is 0.544. The zero-order valence-electron chi connectivity index (χ0n) is 18.9. The largest absolute Gasteiger partial charge is 0.493 e. The van der Waals surface area contributed by atoms with Crippen LogP contribution in [-0.2, 0) is 16.0 Å². The van der Waals surface area contributed by atoms with Crippen LogP contribution in [0.5, 0.6) is 11.5 Å². The van der Waals surface area contributed by atoms with Crippen molar-refractivity contribution < 1.29 is 19.1 Å². The number of benzene rings is 2. The first-order chi connectivity index (χ1) is 16.0. The van der Waals surface area contributed by atoms with Crippen molar-refractivity contribution in [2.75, 3.05) is 37.9 Å². The van der Waals surface area contributed by atoms with Gasteiger partial charge in [-0.25, -0.2) is 0 Å². The van der Waals surface area contributed by atoms with E-state index in [-0.39, 0.29) is 24.4 Å². The summed E-state index contributed by atoms with van der Waals surface area (Å²) in [7, 11) is 3.28. The lowest BCUT2D eigenvalue weighted by atomic mass is 9.91. The predicted molar refractivity (Wildman–Crippen MR) is 130 cm³/mol. The third-order valence-corrected chi connectivity index (χ3v) is 6.55. The van der Waals surface area contributed by atoms with Gasteiger partial charge in [0.25, 0.3) is 0 Å². The van der Waals surface area contributed by atoms with Crippen molar-refractivity contribution in [2.24, 2.45) is 0 Å². The fourth-order valence-corrected chi connectivity index (χ4v) is 5.05. The van der Waals surface area contributed by atoms with Crippen molar-refractivity contribution in [1.29, 1.82) is 0 Å². The third kappa shape index (κ3) is 5.18. The lowest BCUT2D eigenvalue weighted by Crippen LogP contribution is -2.40. The van der Waals surface area contributed by atoms with Gasteiger partial charge in [0.05, 0.1) is 26.8 Å². The van der Waals surface area contributed by atoms with E-state index in [4.69, 9.17) is 9.47 Å². The van der Waals surface area contributed by atoms with Crippen LogP contribution in [0.15, 0.2) is 53.9 Å². The Kier molecular flexibility index (Phi) is 6.96. The highest BCUT2D eigenvalue weighted by atomic mass is 32.1. The molecule has 2 amide bonds. The molecular weight excluding hydrogens is 438 g/mol. The number of rotatable bonds is 7. The lowest BCUT2D eigenvalue weighted by Gasteiger charge is -2.37. The SMILES string of the molecule is COc1cc2c(cc1OC)[C@H](c1cccs1)N(CC(=O)Nc1ccc(NC(C)=O)cc1)CC2. The van der Waals surface area contributed by atoms with Crippen molar-refractivity contribution in [1.82, 2.24) is 4.90 Å². The summed E-state index contributed by atoms with van der Waals surface area (Å²) in [5.41, 5.74) is 3.71. The molecule has 0 spiro atoms. The number of nitrogens with zero attached hydrogens (tertiary/aromatic N) is 1. The van der Waals surface area contributed by atoms with Gasteiger partial charge in [-0.3, -0.25) is 14.5 Å². The van der Waals surface area contributed by atoms with E-state index in [2.05, 4.69) is 27.0 Å². The van der Waals surface area contributed by atoms with Gasteiger partial charge in [-0.15, -0.1) is 11.3 Å². The van der Waals surface area contributed by atoms with Crippen LogP contribution in [-0.4, -0.2) is 44.0 Å². The van der Waals surface area contributed by atoms with E-state index in [1.165, 1.54) is 17.4 Å². The van der Waals surface area contributed by atoms with Crippen molar-refractivity contribution in [3.8, 4) is 11.5 Å². The molecule has 1 aliphatic rings. The minimum Gasteiger partial charge on any atom is -0.493 e. The maximum atomic E-state index is 12.9. The third-order valence-electron chi connectivity index (χ3n) is 5.62. The number of methoxy groups -OCH3 is 2. The van der Waals surface area contributed by atoms with Crippen LogP contribution in [0.3, 0.4) is 0 Å². The summed E-state index contributed by atoms with van der Waals surface area (Å²) in [4.78, 5) is 27.5. The minimum atomic E-state index is -0.133. The van der Waals surface area contributed by atoms with E-state index in [1.807, 2.05) is 18.2 Å². The maximum Gasteiger partial charge on any atom is 0.238 e. The summed E-state index contributed by atoms with van der Waals surface area (Å²) in [5.74, 6) is 1.18. The van der Waals surface area contributed by atoms with Gasteiger partial charge < -0.3 is 20.1 Å². The molecule has 0 fully saturated rings. The second-order valence-corrected chi connectivity index (χ2v) is 8.83. The molecule has 0 saturated carbocycles. The van der Waals surface area contributed by atoms with Gasteiger partial charge in [0.1, 0.15) is 0 Å². The van der Waals surface area contributed by atoms with Gasteiger partial charge in [-0.05, 0) is 65.4 Å². The van der Waals surface area contributed by atoms with E-state index in [0.29, 0.717) is 17.1 Å². The Hall–Kier alpha value is -3.36. The second-order valence-electron chi connectivity index (χ2n) is 7.85. The van der Waals surface area contributed by atoms with Gasteiger partial charge >= 0.3 is 0 Å². The lowest BCUT2D eigenvalue weighted by molar-refractivity contribution is -0.118. The molecule has 1 aromatic heterocycles. The molecule has 3 aromatic rings. The van der Waals surface area contributed by atoms with Crippen molar-refractivity contribution in [3.63, 3.8) is 0 Å². The number of ether oxygens (including phenoxy) is 2. The second kappa shape index (κ2) is 10.1. The maximum absolute atomic E-state index is 12.9. The van der Waals surface area contributed by atoms with Crippen LogP contribution in [0, 0.1) is 0 Å². The minimum absolute atomic E-state index is 0.0403. The Morgan fingerprint density at radius 2 is 1.70 bits per heavy atom. The average molecular weight is 466 g/mol. The molecule has 0 radical (unpaired) electrons. The smallest absolute Gasteiger partial charge is 0.238 e. The predicted octanol–water partition coefficient (Wildman–Crippen LogP) is 4.31. The number of carbonyl (C=O) groups excluding carboxylic acids is 2. The highest BCUT2D eigenvalue weighted by Gasteiger charge is 2.32. The number of hydrogen-bond acceptors (Lipinski definition) is 6. The molecule has 0 saturated heterocycles. The van der Waals surface area contributed by atoms with Gasteiger partial charge in [0.15, 0.2) is 11.5 Å².